The van der Waals surface area contributed by atoms with E-state index in [-0.39, 0.29) is 10.3 Å². The SMILES string of the molecule is CCn1c(SCc2ccc(C(C)(C)C)cc2)nnc1C(Cc1ccccc1)NS(=O)(=O)c1ccc(F)cc1. The maximum absolute atomic E-state index is 13.4. The van der Waals surface area contributed by atoms with Crippen LogP contribution >= 0.6 is 11.8 Å². The van der Waals surface area contributed by atoms with Crippen molar-refractivity contribution < 1.29 is 12.8 Å². The fourth-order valence-electron chi connectivity index (χ4n) is 4.12. The van der Waals surface area contributed by atoms with Gasteiger partial charge in [0.15, 0.2) is 11.0 Å². The van der Waals surface area contributed by atoms with Gasteiger partial charge in [-0.3, -0.25) is 0 Å². The number of nitrogens with one attached hydrogen (secondary N) is 1. The van der Waals surface area contributed by atoms with Crippen LogP contribution < -0.4 is 4.72 Å². The normalized spacial score (nSPS) is 13.0. The molecule has 3 aromatic carbocycles. The first-order valence-electron chi connectivity index (χ1n) is 12.5. The zero-order chi connectivity index (χ0) is 27.3. The zero-order valence-corrected chi connectivity index (χ0v) is 23.7. The van der Waals surface area contributed by atoms with Crippen molar-refractivity contribution in [3.8, 4) is 0 Å². The monoisotopic (exact) mass is 552 g/mol. The van der Waals surface area contributed by atoms with E-state index < -0.39 is 21.9 Å². The summed E-state index contributed by atoms with van der Waals surface area (Å²) < 4.78 is 44.6. The standard InChI is InChI=1S/C29H33FN4O2S2/c1-5-34-27(31-32-28(34)37-20-22-11-13-23(14-12-22)29(2,3)4)26(19-21-9-7-6-8-10-21)33-38(35,36)25-17-15-24(30)16-18-25/h6-18,26,33H,5,19-20H2,1-4H3. The average Bonchev–Trinajstić information content (AvgIpc) is 3.30. The van der Waals surface area contributed by atoms with Gasteiger partial charge in [0.25, 0.3) is 0 Å². The van der Waals surface area contributed by atoms with Crippen LogP contribution in [0.15, 0.2) is 88.9 Å². The number of benzene rings is 3. The van der Waals surface area contributed by atoms with Gasteiger partial charge in [0.2, 0.25) is 10.0 Å². The van der Waals surface area contributed by atoms with Gasteiger partial charge < -0.3 is 4.57 Å². The smallest absolute Gasteiger partial charge is 0.241 e. The number of thioether (sulfide) groups is 1. The van der Waals surface area contributed by atoms with E-state index in [1.54, 1.807) is 11.8 Å². The maximum atomic E-state index is 13.4. The Balaban J connectivity index is 1.60. The van der Waals surface area contributed by atoms with Gasteiger partial charge >= 0.3 is 0 Å². The highest BCUT2D eigenvalue weighted by Gasteiger charge is 2.27. The second kappa shape index (κ2) is 11.8. The number of aromatic nitrogens is 3. The lowest BCUT2D eigenvalue weighted by Crippen LogP contribution is -2.32. The third kappa shape index (κ3) is 6.89. The molecule has 0 saturated carbocycles. The van der Waals surface area contributed by atoms with Crippen molar-refractivity contribution in [1.29, 1.82) is 0 Å². The van der Waals surface area contributed by atoms with Crippen molar-refractivity contribution in [2.75, 3.05) is 0 Å². The molecule has 0 saturated heterocycles. The van der Waals surface area contributed by atoms with Gasteiger partial charge in [-0.1, -0.05) is 87.1 Å². The third-order valence-corrected chi connectivity index (χ3v) is 8.79. The van der Waals surface area contributed by atoms with Crippen LogP contribution in [0.25, 0.3) is 0 Å². The van der Waals surface area contributed by atoms with Crippen LogP contribution in [0.2, 0.25) is 0 Å². The first kappa shape index (κ1) is 28.0. The van der Waals surface area contributed by atoms with E-state index in [0.29, 0.717) is 24.5 Å². The van der Waals surface area contributed by atoms with Crippen LogP contribution in [0.4, 0.5) is 4.39 Å². The summed E-state index contributed by atoms with van der Waals surface area (Å²) >= 11 is 1.57. The van der Waals surface area contributed by atoms with Crippen LogP contribution in [0.3, 0.4) is 0 Å². The molecule has 38 heavy (non-hydrogen) atoms. The van der Waals surface area contributed by atoms with E-state index >= 15 is 0 Å². The molecule has 1 atom stereocenters. The van der Waals surface area contributed by atoms with Crippen molar-refractivity contribution >= 4 is 21.8 Å². The van der Waals surface area contributed by atoms with Crippen LogP contribution in [-0.4, -0.2) is 23.2 Å². The lowest BCUT2D eigenvalue weighted by atomic mass is 9.87. The van der Waals surface area contributed by atoms with E-state index in [1.807, 2.05) is 41.8 Å². The number of sulfonamides is 1. The number of halogens is 1. The summed E-state index contributed by atoms with van der Waals surface area (Å²) in [6.45, 7) is 9.15. The van der Waals surface area contributed by atoms with Gasteiger partial charge in [-0.05, 0) is 59.7 Å². The van der Waals surface area contributed by atoms with Crippen molar-refractivity contribution in [1.82, 2.24) is 19.5 Å². The Labute approximate surface area is 228 Å². The largest absolute Gasteiger partial charge is 0.305 e. The molecule has 0 aliphatic rings. The molecule has 6 nitrogen and oxygen atoms in total. The Hall–Kier alpha value is -3.01. The van der Waals surface area contributed by atoms with Gasteiger partial charge in [-0.2, -0.15) is 0 Å². The van der Waals surface area contributed by atoms with Gasteiger partial charge in [-0.25, -0.2) is 17.5 Å². The third-order valence-electron chi connectivity index (χ3n) is 6.27. The van der Waals surface area contributed by atoms with Crippen molar-refractivity contribution in [3.63, 3.8) is 0 Å². The first-order valence-corrected chi connectivity index (χ1v) is 15.0. The van der Waals surface area contributed by atoms with Crippen molar-refractivity contribution in [3.05, 3.63) is 107 Å². The van der Waals surface area contributed by atoms with Crippen LogP contribution in [-0.2, 0) is 34.2 Å². The molecule has 0 fully saturated rings. The lowest BCUT2D eigenvalue weighted by Gasteiger charge is -2.20. The summed E-state index contributed by atoms with van der Waals surface area (Å²) in [6, 6.07) is 22.3. The number of nitrogens with zero attached hydrogens (tertiary/aromatic N) is 3. The fourth-order valence-corrected chi connectivity index (χ4v) is 6.27. The number of hydrogen-bond donors (Lipinski definition) is 1. The Morgan fingerprint density at radius 1 is 0.921 bits per heavy atom. The minimum Gasteiger partial charge on any atom is -0.305 e. The van der Waals surface area contributed by atoms with Gasteiger partial charge in [0, 0.05) is 12.3 Å². The molecule has 0 amide bonds. The minimum absolute atomic E-state index is 0.00664. The molecule has 0 spiro atoms. The van der Waals surface area contributed by atoms with E-state index in [9.17, 15) is 12.8 Å². The molecular weight excluding hydrogens is 519 g/mol. The maximum Gasteiger partial charge on any atom is 0.241 e. The molecule has 1 unspecified atom stereocenters. The number of hydrogen-bond acceptors (Lipinski definition) is 5. The molecule has 0 aliphatic carbocycles. The summed E-state index contributed by atoms with van der Waals surface area (Å²) in [5.41, 5.74) is 3.51. The van der Waals surface area contributed by atoms with Crippen molar-refractivity contribution in [2.24, 2.45) is 0 Å². The summed E-state index contributed by atoms with van der Waals surface area (Å²) in [6.07, 6.45) is 0.387. The summed E-state index contributed by atoms with van der Waals surface area (Å²) in [4.78, 5) is -0.00664. The Bertz CT molecular complexity index is 1450. The lowest BCUT2D eigenvalue weighted by molar-refractivity contribution is 0.517. The molecule has 1 aromatic heterocycles. The second-order valence-corrected chi connectivity index (χ2v) is 12.8. The Morgan fingerprint density at radius 2 is 1.58 bits per heavy atom. The molecule has 0 aliphatic heterocycles. The molecule has 0 radical (unpaired) electrons. The quantitative estimate of drug-likeness (QED) is 0.234. The molecule has 4 aromatic rings. The number of rotatable bonds is 10. The second-order valence-electron chi connectivity index (χ2n) is 10.1. The summed E-state index contributed by atoms with van der Waals surface area (Å²) in [7, 11) is -3.94. The molecule has 9 heteroatoms. The molecule has 1 N–H and O–H groups in total. The summed E-state index contributed by atoms with van der Waals surface area (Å²) in [5.74, 6) is 0.755. The first-order chi connectivity index (χ1) is 18.1. The highest BCUT2D eigenvalue weighted by Crippen LogP contribution is 2.28. The van der Waals surface area contributed by atoms with Crippen LogP contribution in [0.1, 0.15) is 56.3 Å². The minimum atomic E-state index is -3.94. The fraction of sp³-hybridized carbons (Fsp3) is 0.310. The average molecular weight is 553 g/mol. The van der Waals surface area contributed by atoms with Gasteiger partial charge in [-0.15, -0.1) is 10.2 Å². The van der Waals surface area contributed by atoms with Crippen LogP contribution in [0.5, 0.6) is 0 Å². The van der Waals surface area contributed by atoms with E-state index in [4.69, 9.17) is 0 Å². The molecule has 1 heterocycles. The Kier molecular flexibility index (Phi) is 8.70. The molecule has 0 bridgehead atoms. The topological polar surface area (TPSA) is 76.9 Å². The van der Waals surface area contributed by atoms with Crippen molar-refractivity contribution in [2.45, 2.75) is 67.9 Å². The molecule has 200 valence electrons. The van der Waals surface area contributed by atoms with Gasteiger partial charge in [0.05, 0.1) is 10.9 Å². The van der Waals surface area contributed by atoms with Gasteiger partial charge in [0.1, 0.15) is 5.82 Å². The molecular formula is C29H33FN4O2S2. The predicted molar refractivity (Wildman–Crippen MR) is 150 cm³/mol. The summed E-state index contributed by atoms with van der Waals surface area (Å²) in [5, 5.41) is 9.59. The Morgan fingerprint density at radius 3 is 2.18 bits per heavy atom. The van der Waals surface area contributed by atoms with E-state index in [0.717, 1.165) is 22.9 Å². The highest BCUT2D eigenvalue weighted by atomic mass is 32.2. The highest BCUT2D eigenvalue weighted by molar-refractivity contribution is 7.98. The molecule has 4 rings (SSSR count). The van der Waals surface area contributed by atoms with E-state index in [2.05, 4.69) is 60.0 Å². The zero-order valence-electron chi connectivity index (χ0n) is 22.1. The van der Waals surface area contributed by atoms with E-state index in [1.165, 1.54) is 23.3 Å². The predicted octanol–water partition coefficient (Wildman–Crippen LogP) is 6.29. The van der Waals surface area contributed by atoms with Crippen LogP contribution in [0, 0.1) is 5.82 Å².